The fourth-order valence-corrected chi connectivity index (χ4v) is 4.39. The van der Waals surface area contributed by atoms with Crippen molar-refractivity contribution in [3.63, 3.8) is 0 Å². The van der Waals surface area contributed by atoms with Crippen LogP contribution in [-0.4, -0.2) is 49.7 Å². The Labute approximate surface area is 187 Å². The van der Waals surface area contributed by atoms with Crippen molar-refractivity contribution in [2.75, 3.05) is 35.9 Å². The van der Waals surface area contributed by atoms with Crippen molar-refractivity contribution in [2.45, 2.75) is 18.7 Å². The first-order valence-electron chi connectivity index (χ1n) is 10.1. The van der Waals surface area contributed by atoms with E-state index in [-0.39, 0.29) is 4.90 Å². The summed E-state index contributed by atoms with van der Waals surface area (Å²) in [6.45, 7) is 6.39. The number of nitrogens with one attached hydrogen (secondary N) is 1. The lowest BCUT2D eigenvalue weighted by Crippen LogP contribution is -2.37. The van der Waals surface area contributed by atoms with E-state index in [0.717, 1.165) is 30.2 Å². The van der Waals surface area contributed by atoms with E-state index < -0.39 is 10.0 Å². The van der Waals surface area contributed by atoms with Gasteiger partial charge < -0.3 is 9.64 Å². The molecular formula is C23H23N5O3S. The number of ether oxygens (including phenoxy) is 1. The number of rotatable bonds is 4. The summed E-state index contributed by atoms with van der Waals surface area (Å²) in [5.41, 5.74) is 3.04. The maximum absolute atomic E-state index is 12.7. The molecule has 0 bridgehead atoms. The molecule has 4 rings (SSSR count). The van der Waals surface area contributed by atoms with Crippen LogP contribution in [0.3, 0.4) is 0 Å². The van der Waals surface area contributed by atoms with Crippen molar-refractivity contribution >= 4 is 21.5 Å². The molecule has 1 saturated heterocycles. The van der Waals surface area contributed by atoms with Gasteiger partial charge in [-0.3, -0.25) is 9.71 Å². The third-order valence-corrected chi connectivity index (χ3v) is 6.43. The molecule has 1 aliphatic rings. The zero-order valence-corrected chi connectivity index (χ0v) is 18.7. The molecule has 0 unspecified atom stereocenters. The van der Waals surface area contributed by atoms with Gasteiger partial charge in [0.05, 0.1) is 40.7 Å². The monoisotopic (exact) mass is 449 g/mol. The summed E-state index contributed by atoms with van der Waals surface area (Å²) in [4.78, 5) is 15.4. The largest absolute Gasteiger partial charge is 0.378 e. The molecule has 8 nitrogen and oxygen atoms in total. The summed E-state index contributed by atoms with van der Waals surface area (Å²) in [5, 5.41) is 0. The van der Waals surface area contributed by atoms with E-state index in [2.05, 4.69) is 36.4 Å². The lowest BCUT2D eigenvalue weighted by atomic mass is 10.1. The highest BCUT2D eigenvalue weighted by Gasteiger charge is 2.18. The number of sulfonamides is 1. The van der Waals surface area contributed by atoms with Gasteiger partial charge >= 0.3 is 0 Å². The maximum Gasteiger partial charge on any atom is 0.261 e. The van der Waals surface area contributed by atoms with Crippen LogP contribution >= 0.6 is 0 Å². The number of morpholine rings is 1. The van der Waals surface area contributed by atoms with Crippen molar-refractivity contribution in [1.29, 1.82) is 0 Å². The van der Waals surface area contributed by atoms with Gasteiger partial charge in [-0.25, -0.2) is 18.4 Å². The molecule has 32 heavy (non-hydrogen) atoms. The number of aromatic nitrogens is 3. The molecule has 0 spiro atoms. The van der Waals surface area contributed by atoms with Crippen LogP contribution in [0.15, 0.2) is 53.8 Å². The molecule has 0 aliphatic carbocycles. The quantitative estimate of drug-likeness (QED) is 0.611. The van der Waals surface area contributed by atoms with Crippen LogP contribution in [0.4, 0.5) is 11.5 Å². The van der Waals surface area contributed by atoms with E-state index in [1.165, 1.54) is 6.33 Å². The van der Waals surface area contributed by atoms with Crippen LogP contribution in [0.25, 0.3) is 0 Å². The van der Waals surface area contributed by atoms with Gasteiger partial charge in [-0.05, 0) is 32.0 Å². The Balaban J connectivity index is 1.64. The van der Waals surface area contributed by atoms with Gasteiger partial charge in [-0.15, -0.1) is 0 Å². The summed E-state index contributed by atoms with van der Waals surface area (Å²) >= 11 is 0. The molecule has 3 aromatic rings. The summed E-state index contributed by atoms with van der Waals surface area (Å²) in [7, 11) is -3.72. The number of anilines is 2. The summed E-state index contributed by atoms with van der Waals surface area (Å²) < 4.78 is 33.4. The number of benzene rings is 1. The molecule has 0 amide bonds. The Bertz CT molecular complexity index is 1280. The van der Waals surface area contributed by atoms with Gasteiger partial charge in [-0.1, -0.05) is 30.0 Å². The number of hydrogen-bond donors (Lipinski definition) is 1. The molecule has 1 N–H and O–H groups in total. The molecule has 2 aromatic heterocycles. The Morgan fingerprint density at radius 2 is 1.75 bits per heavy atom. The minimum atomic E-state index is -3.72. The molecule has 3 heterocycles. The molecule has 164 valence electrons. The first kappa shape index (κ1) is 21.7. The highest BCUT2D eigenvalue weighted by Crippen LogP contribution is 2.21. The highest BCUT2D eigenvalue weighted by molar-refractivity contribution is 7.92. The van der Waals surface area contributed by atoms with Gasteiger partial charge in [0.2, 0.25) is 0 Å². The van der Waals surface area contributed by atoms with E-state index in [0.29, 0.717) is 30.2 Å². The Morgan fingerprint density at radius 3 is 2.50 bits per heavy atom. The van der Waals surface area contributed by atoms with Gasteiger partial charge in [-0.2, -0.15) is 0 Å². The highest BCUT2D eigenvalue weighted by atomic mass is 32.2. The fourth-order valence-electron chi connectivity index (χ4n) is 3.27. The lowest BCUT2D eigenvalue weighted by molar-refractivity contribution is 0.122. The third-order valence-electron chi connectivity index (χ3n) is 5.04. The summed E-state index contributed by atoms with van der Waals surface area (Å²) in [5.74, 6) is 7.03. The lowest BCUT2D eigenvalue weighted by Gasteiger charge is -2.28. The Hall–Kier alpha value is -3.48. The molecule has 0 atom stereocenters. The van der Waals surface area contributed by atoms with Crippen molar-refractivity contribution in [3.8, 4) is 11.8 Å². The average molecular weight is 450 g/mol. The van der Waals surface area contributed by atoms with Crippen LogP contribution < -0.4 is 9.62 Å². The normalized spacial score (nSPS) is 13.9. The predicted molar refractivity (Wildman–Crippen MR) is 122 cm³/mol. The van der Waals surface area contributed by atoms with Crippen molar-refractivity contribution in [2.24, 2.45) is 0 Å². The zero-order valence-electron chi connectivity index (χ0n) is 17.9. The molecule has 1 aliphatic heterocycles. The standard InChI is InChI=1S/C23H23N5O3S/c1-17-21(23(26-16-25-17)28-10-12-31-13-11-28)9-8-19-14-22(18(2)24-15-19)27-32(29,30)20-6-4-3-5-7-20/h3-7,14-16,27H,10-13H2,1-2H3. The zero-order chi connectivity index (χ0) is 22.6. The van der Waals surface area contributed by atoms with Crippen LogP contribution in [0.2, 0.25) is 0 Å². The molecule has 1 fully saturated rings. The van der Waals surface area contributed by atoms with Crippen molar-refractivity contribution in [1.82, 2.24) is 15.0 Å². The Kier molecular flexibility index (Phi) is 6.35. The van der Waals surface area contributed by atoms with Crippen molar-refractivity contribution in [3.05, 3.63) is 71.4 Å². The minimum absolute atomic E-state index is 0.183. The van der Waals surface area contributed by atoms with Crippen LogP contribution in [0.5, 0.6) is 0 Å². The van der Waals surface area contributed by atoms with E-state index in [4.69, 9.17) is 4.74 Å². The van der Waals surface area contributed by atoms with E-state index in [1.54, 1.807) is 49.5 Å². The number of pyridine rings is 1. The Morgan fingerprint density at radius 1 is 1.00 bits per heavy atom. The first-order valence-corrected chi connectivity index (χ1v) is 11.6. The van der Waals surface area contributed by atoms with E-state index >= 15 is 0 Å². The maximum atomic E-state index is 12.7. The second kappa shape index (κ2) is 9.34. The van der Waals surface area contributed by atoms with Crippen LogP contribution in [0, 0.1) is 25.7 Å². The van der Waals surface area contributed by atoms with Gasteiger partial charge in [0.1, 0.15) is 12.1 Å². The molecule has 0 saturated carbocycles. The van der Waals surface area contributed by atoms with Gasteiger partial charge in [0.15, 0.2) is 0 Å². The summed E-state index contributed by atoms with van der Waals surface area (Å²) in [6.07, 6.45) is 3.16. The SMILES string of the molecule is Cc1ncc(C#Cc2c(C)ncnc2N2CCOCC2)cc1NS(=O)(=O)c1ccccc1. The third kappa shape index (κ3) is 4.88. The molecule has 1 aromatic carbocycles. The summed E-state index contributed by atoms with van der Waals surface area (Å²) in [6, 6.07) is 9.89. The molecule has 0 radical (unpaired) electrons. The van der Waals surface area contributed by atoms with Gasteiger partial charge in [0, 0.05) is 24.8 Å². The number of aryl methyl sites for hydroxylation is 2. The van der Waals surface area contributed by atoms with Crippen molar-refractivity contribution < 1.29 is 13.2 Å². The number of nitrogens with zero attached hydrogens (tertiary/aromatic N) is 4. The predicted octanol–water partition coefficient (Wildman–Crippen LogP) is 2.53. The van der Waals surface area contributed by atoms with Gasteiger partial charge in [0.25, 0.3) is 10.0 Å². The fraction of sp³-hybridized carbons (Fsp3) is 0.261. The first-order chi connectivity index (χ1) is 15.4. The van der Waals surface area contributed by atoms with E-state index in [9.17, 15) is 8.42 Å². The smallest absolute Gasteiger partial charge is 0.261 e. The number of hydrogen-bond acceptors (Lipinski definition) is 7. The second-order valence-electron chi connectivity index (χ2n) is 7.28. The molecular weight excluding hydrogens is 426 g/mol. The van der Waals surface area contributed by atoms with E-state index in [1.807, 2.05) is 6.92 Å². The molecule has 9 heteroatoms. The average Bonchev–Trinajstić information content (AvgIpc) is 2.81. The minimum Gasteiger partial charge on any atom is -0.378 e. The van der Waals surface area contributed by atoms with Crippen LogP contribution in [0.1, 0.15) is 22.5 Å². The second-order valence-corrected chi connectivity index (χ2v) is 8.97. The topological polar surface area (TPSA) is 97.3 Å². The van der Waals surface area contributed by atoms with Crippen LogP contribution in [-0.2, 0) is 14.8 Å².